The molecule has 3 rings (SSSR count). The van der Waals surface area contributed by atoms with Crippen LogP contribution in [0.25, 0.3) is 11.4 Å². The third kappa shape index (κ3) is 5.34. The Hall–Kier alpha value is -3.35. The summed E-state index contributed by atoms with van der Waals surface area (Å²) >= 11 is 0. The highest BCUT2D eigenvalue weighted by Crippen LogP contribution is 2.20. The van der Waals surface area contributed by atoms with Gasteiger partial charge in [0, 0.05) is 5.56 Å². The molecule has 1 atom stereocenters. The van der Waals surface area contributed by atoms with Gasteiger partial charge in [-0.05, 0) is 54.8 Å². The molecule has 29 heavy (non-hydrogen) atoms. The van der Waals surface area contributed by atoms with Crippen LogP contribution >= 0.6 is 0 Å². The zero-order valence-corrected chi connectivity index (χ0v) is 16.8. The van der Waals surface area contributed by atoms with Gasteiger partial charge in [0.05, 0.1) is 13.7 Å². The van der Waals surface area contributed by atoms with Crippen molar-refractivity contribution in [3.05, 3.63) is 60.0 Å². The van der Waals surface area contributed by atoms with Gasteiger partial charge in [0.2, 0.25) is 11.7 Å². The van der Waals surface area contributed by atoms with E-state index in [1.165, 1.54) is 5.56 Å². The SMILES string of the molecule is CCc1ccc(O[C@@H](CC)C(=O)NCc2nc(-c3ccc(OC)cc3)no2)cc1. The Kier molecular flexibility index (Phi) is 6.84. The van der Waals surface area contributed by atoms with E-state index >= 15 is 0 Å². The van der Waals surface area contributed by atoms with Crippen LogP contribution in [0.5, 0.6) is 11.5 Å². The predicted octanol–water partition coefficient (Wildman–Crippen LogP) is 3.78. The second-order valence-electron chi connectivity index (χ2n) is 6.47. The van der Waals surface area contributed by atoms with E-state index in [2.05, 4.69) is 22.4 Å². The van der Waals surface area contributed by atoms with Crippen molar-refractivity contribution in [2.45, 2.75) is 39.3 Å². The van der Waals surface area contributed by atoms with Gasteiger partial charge in [-0.3, -0.25) is 4.79 Å². The van der Waals surface area contributed by atoms with Crippen LogP contribution in [0, 0.1) is 0 Å². The van der Waals surface area contributed by atoms with Crippen LogP contribution in [0.4, 0.5) is 0 Å². The van der Waals surface area contributed by atoms with Crippen LogP contribution in [-0.2, 0) is 17.8 Å². The van der Waals surface area contributed by atoms with E-state index in [0.29, 0.717) is 23.9 Å². The first kappa shape index (κ1) is 20.4. The molecule has 0 unspecified atom stereocenters. The molecule has 0 aliphatic rings. The summed E-state index contributed by atoms with van der Waals surface area (Å²) in [4.78, 5) is 16.8. The van der Waals surface area contributed by atoms with Crippen molar-refractivity contribution in [1.29, 1.82) is 0 Å². The Morgan fingerprint density at radius 3 is 2.38 bits per heavy atom. The molecule has 0 radical (unpaired) electrons. The number of hydrogen-bond acceptors (Lipinski definition) is 6. The van der Waals surface area contributed by atoms with Crippen molar-refractivity contribution >= 4 is 5.91 Å². The number of nitrogens with one attached hydrogen (secondary N) is 1. The number of aryl methyl sites for hydroxylation is 1. The molecule has 3 aromatic rings. The van der Waals surface area contributed by atoms with Crippen molar-refractivity contribution < 1.29 is 18.8 Å². The highest BCUT2D eigenvalue weighted by Gasteiger charge is 2.19. The van der Waals surface area contributed by atoms with E-state index < -0.39 is 6.10 Å². The Bertz CT molecular complexity index is 920. The van der Waals surface area contributed by atoms with Crippen LogP contribution in [0.15, 0.2) is 53.1 Å². The normalized spacial score (nSPS) is 11.7. The number of carbonyl (C=O) groups is 1. The number of methoxy groups -OCH3 is 1. The molecule has 152 valence electrons. The highest BCUT2D eigenvalue weighted by molar-refractivity contribution is 5.81. The maximum absolute atomic E-state index is 12.5. The van der Waals surface area contributed by atoms with E-state index in [9.17, 15) is 4.79 Å². The summed E-state index contributed by atoms with van der Waals surface area (Å²) in [6, 6.07) is 15.1. The standard InChI is InChI=1S/C22H25N3O4/c1-4-15-6-10-18(11-7-15)28-19(5-2)22(26)23-14-20-24-21(25-29-20)16-8-12-17(27-3)13-9-16/h6-13,19H,4-5,14H2,1-3H3,(H,23,26)/t19-/m0/s1. The number of ether oxygens (including phenoxy) is 2. The highest BCUT2D eigenvalue weighted by atomic mass is 16.5. The molecule has 0 spiro atoms. The topological polar surface area (TPSA) is 86.5 Å². The molecule has 0 saturated heterocycles. The largest absolute Gasteiger partial charge is 0.497 e. The van der Waals surface area contributed by atoms with Crippen LogP contribution in [0.1, 0.15) is 31.7 Å². The molecule has 2 aromatic carbocycles. The second-order valence-corrected chi connectivity index (χ2v) is 6.47. The van der Waals surface area contributed by atoms with Crippen molar-refractivity contribution in [3.8, 4) is 22.9 Å². The number of aromatic nitrogens is 2. The van der Waals surface area contributed by atoms with Crippen molar-refractivity contribution in [2.75, 3.05) is 7.11 Å². The summed E-state index contributed by atoms with van der Waals surface area (Å²) in [7, 11) is 1.61. The summed E-state index contributed by atoms with van der Waals surface area (Å²) in [5.41, 5.74) is 2.02. The lowest BCUT2D eigenvalue weighted by Gasteiger charge is -2.17. The third-order valence-electron chi connectivity index (χ3n) is 4.50. The van der Waals surface area contributed by atoms with E-state index in [1.807, 2.05) is 55.5 Å². The first-order valence-electron chi connectivity index (χ1n) is 9.63. The number of amides is 1. The summed E-state index contributed by atoms with van der Waals surface area (Å²) in [5.74, 6) is 1.97. The van der Waals surface area contributed by atoms with Crippen LogP contribution in [0.3, 0.4) is 0 Å². The van der Waals surface area contributed by atoms with Gasteiger partial charge in [-0.1, -0.05) is 31.1 Å². The van der Waals surface area contributed by atoms with Crippen molar-refractivity contribution in [2.24, 2.45) is 0 Å². The molecule has 1 heterocycles. The van der Waals surface area contributed by atoms with Gasteiger partial charge < -0.3 is 19.3 Å². The second kappa shape index (κ2) is 9.73. The van der Waals surface area contributed by atoms with E-state index in [-0.39, 0.29) is 12.5 Å². The molecule has 1 amide bonds. The summed E-state index contributed by atoms with van der Waals surface area (Å²) < 4.78 is 16.2. The maximum Gasteiger partial charge on any atom is 0.261 e. The Labute approximate surface area is 170 Å². The van der Waals surface area contributed by atoms with Gasteiger partial charge in [-0.15, -0.1) is 0 Å². The summed E-state index contributed by atoms with van der Waals surface area (Å²) in [6.07, 6.45) is 0.912. The fraction of sp³-hybridized carbons (Fsp3) is 0.318. The first-order valence-corrected chi connectivity index (χ1v) is 9.63. The minimum absolute atomic E-state index is 0.136. The number of rotatable bonds is 9. The third-order valence-corrected chi connectivity index (χ3v) is 4.50. The molecule has 0 saturated carbocycles. The van der Waals surface area contributed by atoms with Crippen LogP contribution in [0.2, 0.25) is 0 Å². The van der Waals surface area contributed by atoms with E-state index in [4.69, 9.17) is 14.0 Å². The van der Waals surface area contributed by atoms with Gasteiger partial charge in [0.25, 0.3) is 5.91 Å². The lowest BCUT2D eigenvalue weighted by atomic mass is 10.2. The van der Waals surface area contributed by atoms with Crippen LogP contribution < -0.4 is 14.8 Å². The molecular weight excluding hydrogens is 370 g/mol. The van der Waals surface area contributed by atoms with Gasteiger partial charge in [0.15, 0.2) is 6.10 Å². The van der Waals surface area contributed by atoms with Gasteiger partial charge in [-0.25, -0.2) is 0 Å². The fourth-order valence-corrected chi connectivity index (χ4v) is 2.75. The van der Waals surface area contributed by atoms with Gasteiger partial charge >= 0.3 is 0 Å². The molecule has 0 aliphatic heterocycles. The lowest BCUT2D eigenvalue weighted by Crippen LogP contribution is -2.37. The Balaban J connectivity index is 1.56. The Morgan fingerprint density at radius 2 is 1.76 bits per heavy atom. The lowest BCUT2D eigenvalue weighted by molar-refractivity contribution is -0.128. The zero-order chi connectivity index (χ0) is 20.6. The van der Waals surface area contributed by atoms with Gasteiger partial charge in [-0.2, -0.15) is 4.98 Å². The molecule has 0 bridgehead atoms. The van der Waals surface area contributed by atoms with Crippen molar-refractivity contribution in [3.63, 3.8) is 0 Å². The Morgan fingerprint density at radius 1 is 1.07 bits per heavy atom. The smallest absolute Gasteiger partial charge is 0.261 e. The summed E-state index contributed by atoms with van der Waals surface area (Å²) in [5, 5.41) is 6.76. The average Bonchev–Trinajstić information content (AvgIpc) is 3.25. The summed E-state index contributed by atoms with van der Waals surface area (Å²) in [6.45, 7) is 4.13. The van der Waals surface area contributed by atoms with Crippen molar-refractivity contribution in [1.82, 2.24) is 15.5 Å². The molecule has 7 nitrogen and oxygen atoms in total. The quantitative estimate of drug-likeness (QED) is 0.593. The molecule has 1 N–H and O–H groups in total. The number of hydrogen-bond donors (Lipinski definition) is 1. The zero-order valence-electron chi connectivity index (χ0n) is 16.8. The first-order chi connectivity index (χ1) is 14.1. The van der Waals surface area contributed by atoms with Crippen LogP contribution in [-0.4, -0.2) is 29.3 Å². The maximum atomic E-state index is 12.5. The van der Waals surface area contributed by atoms with E-state index in [1.54, 1.807) is 7.11 Å². The molecular formula is C22H25N3O4. The minimum atomic E-state index is -0.591. The fourth-order valence-electron chi connectivity index (χ4n) is 2.75. The molecule has 7 heteroatoms. The number of carbonyl (C=O) groups excluding carboxylic acids is 1. The number of nitrogens with zero attached hydrogens (tertiary/aromatic N) is 2. The molecule has 1 aromatic heterocycles. The predicted molar refractivity (Wildman–Crippen MR) is 109 cm³/mol. The average molecular weight is 395 g/mol. The van der Waals surface area contributed by atoms with Gasteiger partial charge in [0.1, 0.15) is 11.5 Å². The molecule has 0 fully saturated rings. The van der Waals surface area contributed by atoms with E-state index in [0.717, 1.165) is 17.7 Å². The molecule has 0 aliphatic carbocycles. The number of benzene rings is 2. The minimum Gasteiger partial charge on any atom is -0.497 e. The monoisotopic (exact) mass is 395 g/mol.